The van der Waals surface area contributed by atoms with E-state index in [1.54, 1.807) is 36.4 Å². The van der Waals surface area contributed by atoms with Gasteiger partial charge in [0.1, 0.15) is 5.82 Å². The Morgan fingerprint density at radius 1 is 1.11 bits per heavy atom. The Hall–Kier alpha value is -2.42. The van der Waals surface area contributed by atoms with Crippen LogP contribution in [-0.4, -0.2) is 29.1 Å². The number of aromatic nitrogens is 2. The highest BCUT2D eigenvalue weighted by Crippen LogP contribution is 2.14. The highest BCUT2D eigenvalue weighted by atomic mass is 127. The average Bonchev–Trinajstić information content (AvgIpc) is 3.20. The zero-order valence-electron chi connectivity index (χ0n) is 15.1. The van der Waals surface area contributed by atoms with Crippen molar-refractivity contribution in [2.75, 3.05) is 13.6 Å². The molecule has 0 amide bonds. The van der Waals surface area contributed by atoms with E-state index in [4.69, 9.17) is 0 Å². The number of benzene rings is 2. The van der Waals surface area contributed by atoms with Gasteiger partial charge < -0.3 is 15.2 Å². The molecule has 0 aliphatic heterocycles. The van der Waals surface area contributed by atoms with Gasteiger partial charge in [-0.15, -0.1) is 24.0 Å². The number of hydrogen-bond acceptors (Lipinski definition) is 2. The van der Waals surface area contributed by atoms with Crippen LogP contribution in [0.25, 0.3) is 5.69 Å². The zero-order valence-corrected chi connectivity index (χ0v) is 17.4. The molecule has 0 bridgehead atoms. The predicted molar refractivity (Wildman–Crippen MR) is 117 cm³/mol. The van der Waals surface area contributed by atoms with Crippen LogP contribution in [0.2, 0.25) is 0 Å². The van der Waals surface area contributed by atoms with Gasteiger partial charge in [-0.3, -0.25) is 4.99 Å². The lowest BCUT2D eigenvalue weighted by atomic mass is 10.1. The van der Waals surface area contributed by atoms with Crippen LogP contribution in [0, 0.1) is 5.82 Å². The van der Waals surface area contributed by atoms with Crippen LogP contribution in [0.1, 0.15) is 11.1 Å². The quantitative estimate of drug-likeness (QED) is 0.323. The third-order valence-electron chi connectivity index (χ3n) is 4.03. The van der Waals surface area contributed by atoms with Crippen LogP contribution < -0.4 is 10.6 Å². The molecule has 2 aromatic carbocycles. The maximum atomic E-state index is 14.3. The zero-order chi connectivity index (χ0) is 18.2. The summed E-state index contributed by atoms with van der Waals surface area (Å²) < 4.78 is 15.9. The van der Waals surface area contributed by atoms with Crippen molar-refractivity contribution in [3.05, 3.63) is 84.2 Å². The monoisotopic (exact) mass is 479 g/mol. The first kappa shape index (κ1) is 20.9. The van der Waals surface area contributed by atoms with E-state index < -0.39 is 0 Å². The van der Waals surface area contributed by atoms with Crippen LogP contribution in [0.15, 0.2) is 72.2 Å². The van der Waals surface area contributed by atoms with Gasteiger partial charge >= 0.3 is 0 Å². The summed E-state index contributed by atoms with van der Waals surface area (Å²) in [6.07, 6.45) is 5.83. The first-order valence-corrected chi connectivity index (χ1v) is 8.51. The number of guanidine groups is 1. The third kappa shape index (κ3) is 6.06. The number of hydrogen-bond donors (Lipinski definition) is 2. The molecule has 0 atom stereocenters. The minimum absolute atomic E-state index is 0. The number of nitrogens with zero attached hydrogens (tertiary/aromatic N) is 3. The maximum absolute atomic E-state index is 14.3. The molecule has 27 heavy (non-hydrogen) atoms. The molecule has 5 nitrogen and oxygen atoms in total. The Bertz CT molecular complexity index is 850. The molecule has 1 heterocycles. The smallest absolute Gasteiger partial charge is 0.191 e. The summed E-state index contributed by atoms with van der Waals surface area (Å²) in [7, 11) is 1.72. The van der Waals surface area contributed by atoms with Gasteiger partial charge in [0.05, 0.1) is 12.0 Å². The Morgan fingerprint density at radius 2 is 1.93 bits per heavy atom. The van der Waals surface area contributed by atoms with Gasteiger partial charge in [-0.1, -0.05) is 36.4 Å². The van der Waals surface area contributed by atoms with Gasteiger partial charge in [0.15, 0.2) is 5.96 Å². The largest absolute Gasteiger partial charge is 0.356 e. The van der Waals surface area contributed by atoms with E-state index in [9.17, 15) is 4.39 Å². The van der Waals surface area contributed by atoms with Gasteiger partial charge in [0.25, 0.3) is 0 Å². The summed E-state index contributed by atoms with van der Waals surface area (Å²) in [4.78, 5) is 8.15. The molecule has 0 fully saturated rings. The van der Waals surface area contributed by atoms with Crippen LogP contribution in [-0.2, 0) is 13.0 Å². The minimum Gasteiger partial charge on any atom is -0.356 e. The molecule has 0 unspecified atom stereocenters. The first-order chi connectivity index (χ1) is 12.8. The van der Waals surface area contributed by atoms with E-state index in [-0.39, 0.29) is 29.8 Å². The molecule has 1 aromatic heterocycles. The summed E-state index contributed by atoms with van der Waals surface area (Å²) in [5, 5.41) is 6.48. The SMILES string of the molecule is CN=C(NCCc1ccccc1)NCc1ccc(-n2ccnc2)c(F)c1.I. The summed E-state index contributed by atoms with van der Waals surface area (Å²) in [6, 6.07) is 15.4. The fourth-order valence-corrected chi connectivity index (χ4v) is 2.65. The molecular formula is C20H23FIN5. The number of imidazole rings is 1. The molecule has 3 rings (SSSR count). The van der Waals surface area contributed by atoms with E-state index in [2.05, 4.69) is 32.7 Å². The lowest BCUT2D eigenvalue weighted by Gasteiger charge is -2.13. The van der Waals surface area contributed by atoms with Crippen LogP contribution >= 0.6 is 24.0 Å². The summed E-state index contributed by atoms with van der Waals surface area (Å²) in [6.45, 7) is 1.27. The highest BCUT2D eigenvalue weighted by molar-refractivity contribution is 14.0. The minimum atomic E-state index is -0.283. The molecule has 7 heteroatoms. The Balaban J connectivity index is 0.00000261. The fraction of sp³-hybridized carbons (Fsp3) is 0.200. The average molecular weight is 479 g/mol. The van der Waals surface area contributed by atoms with Gasteiger partial charge in [-0.05, 0) is 29.7 Å². The van der Waals surface area contributed by atoms with E-state index >= 15 is 0 Å². The first-order valence-electron chi connectivity index (χ1n) is 8.51. The van der Waals surface area contributed by atoms with E-state index in [0.717, 1.165) is 18.5 Å². The van der Waals surface area contributed by atoms with Gasteiger partial charge in [0.2, 0.25) is 0 Å². The molecule has 0 saturated carbocycles. The summed E-state index contributed by atoms with van der Waals surface area (Å²) >= 11 is 0. The second-order valence-corrected chi connectivity index (χ2v) is 5.84. The van der Waals surface area contributed by atoms with Crippen LogP contribution in [0.4, 0.5) is 4.39 Å². The highest BCUT2D eigenvalue weighted by Gasteiger charge is 2.06. The van der Waals surface area contributed by atoms with Crippen LogP contribution in [0.5, 0.6) is 0 Å². The summed E-state index contributed by atoms with van der Waals surface area (Å²) in [5.74, 6) is 0.411. The van der Waals surface area contributed by atoms with Gasteiger partial charge in [-0.25, -0.2) is 9.37 Å². The van der Waals surface area contributed by atoms with Crippen molar-refractivity contribution >= 4 is 29.9 Å². The molecule has 0 radical (unpaired) electrons. The topological polar surface area (TPSA) is 54.2 Å². The Kier molecular flexibility index (Phi) is 8.25. The second kappa shape index (κ2) is 10.7. The van der Waals surface area contributed by atoms with Crippen molar-refractivity contribution in [3.63, 3.8) is 0 Å². The molecule has 0 spiro atoms. The number of aliphatic imine (C=N–C) groups is 1. The van der Waals surface area contributed by atoms with Gasteiger partial charge in [-0.2, -0.15) is 0 Å². The molecule has 0 saturated heterocycles. The Labute approximate surface area is 175 Å². The van der Waals surface area contributed by atoms with Crippen molar-refractivity contribution in [1.29, 1.82) is 0 Å². The van der Waals surface area contributed by atoms with Crippen molar-refractivity contribution in [1.82, 2.24) is 20.2 Å². The fourth-order valence-electron chi connectivity index (χ4n) is 2.65. The normalized spacial score (nSPS) is 11.0. The second-order valence-electron chi connectivity index (χ2n) is 5.84. The lowest BCUT2D eigenvalue weighted by Crippen LogP contribution is -2.37. The van der Waals surface area contributed by atoms with Crippen molar-refractivity contribution in [2.24, 2.45) is 4.99 Å². The van der Waals surface area contributed by atoms with Crippen LogP contribution in [0.3, 0.4) is 0 Å². The lowest BCUT2D eigenvalue weighted by molar-refractivity contribution is 0.615. The van der Waals surface area contributed by atoms with E-state index in [1.165, 1.54) is 11.6 Å². The molecular weight excluding hydrogens is 456 g/mol. The number of nitrogens with one attached hydrogen (secondary N) is 2. The van der Waals surface area contributed by atoms with Crippen molar-refractivity contribution in [2.45, 2.75) is 13.0 Å². The number of halogens is 2. The van der Waals surface area contributed by atoms with Gasteiger partial charge in [0, 0.05) is 32.5 Å². The molecule has 0 aliphatic carbocycles. The van der Waals surface area contributed by atoms with E-state index in [1.807, 2.05) is 24.3 Å². The Morgan fingerprint density at radius 3 is 2.59 bits per heavy atom. The molecule has 142 valence electrons. The molecule has 2 N–H and O–H groups in total. The molecule has 3 aromatic rings. The number of rotatable bonds is 6. The summed E-state index contributed by atoms with van der Waals surface area (Å²) in [5.41, 5.74) is 2.60. The standard InChI is InChI=1S/C20H22FN5.HI/c1-22-20(24-10-9-16-5-3-2-4-6-16)25-14-17-7-8-19(18(21)13-17)26-12-11-23-15-26;/h2-8,11-13,15H,9-10,14H2,1H3,(H2,22,24,25);1H. The molecule has 0 aliphatic rings. The van der Waals surface area contributed by atoms with E-state index in [0.29, 0.717) is 18.2 Å². The van der Waals surface area contributed by atoms with Crippen molar-refractivity contribution in [3.8, 4) is 5.69 Å². The third-order valence-corrected chi connectivity index (χ3v) is 4.03. The maximum Gasteiger partial charge on any atom is 0.191 e. The predicted octanol–water partition coefficient (Wildman–Crippen LogP) is 3.54. The van der Waals surface area contributed by atoms with Crippen molar-refractivity contribution < 1.29 is 4.39 Å².